The van der Waals surface area contributed by atoms with E-state index in [0.717, 1.165) is 17.7 Å². The van der Waals surface area contributed by atoms with Crippen LogP contribution < -0.4 is 0 Å². The highest BCUT2D eigenvalue weighted by Gasteiger charge is 2.34. The van der Waals surface area contributed by atoms with Crippen LogP contribution in [0.3, 0.4) is 0 Å². The van der Waals surface area contributed by atoms with Crippen molar-refractivity contribution in [2.24, 2.45) is 0 Å². The van der Waals surface area contributed by atoms with Gasteiger partial charge < -0.3 is 5.11 Å². The first-order valence-electron chi connectivity index (χ1n) is 5.65. The number of aryl methyl sites for hydroxylation is 1. The Morgan fingerprint density at radius 1 is 1.20 bits per heavy atom. The summed E-state index contributed by atoms with van der Waals surface area (Å²) in [6.45, 7) is 1.72. The first-order valence-corrected chi connectivity index (χ1v) is 5.65. The van der Waals surface area contributed by atoms with Crippen molar-refractivity contribution in [1.82, 2.24) is 4.98 Å². The molecule has 104 valence electrons. The fraction of sp³-hybridized carbons (Fsp3) is 0.143. The minimum Gasteiger partial charge on any atom is -0.478 e. The van der Waals surface area contributed by atoms with E-state index < -0.39 is 23.3 Å². The van der Waals surface area contributed by atoms with Gasteiger partial charge in [0, 0.05) is 18.0 Å². The Hall–Kier alpha value is -2.37. The molecular formula is C14H10F3NO2. The molecule has 0 radical (unpaired) electrons. The van der Waals surface area contributed by atoms with Crippen LogP contribution in [0.15, 0.2) is 36.7 Å². The van der Waals surface area contributed by atoms with Crippen molar-refractivity contribution in [2.75, 3.05) is 0 Å². The van der Waals surface area contributed by atoms with Gasteiger partial charge >= 0.3 is 12.1 Å². The monoisotopic (exact) mass is 281 g/mol. The third-order valence-electron chi connectivity index (χ3n) is 2.76. The van der Waals surface area contributed by atoms with E-state index in [9.17, 15) is 18.0 Å². The lowest BCUT2D eigenvalue weighted by Crippen LogP contribution is -2.09. The summed E-state index contributed by atoms with van der Waals surface area (Å²) in [7, 11) is 0. The summed E-state index contributed by atoms with van der Waals surface area (Å²) in [5, 5.41) is 8.80. The van der Waals surface area contributed by atoms with E-state index in [1.807, 2.05) is 0 Å². The molecule has 0 aliphatic rings. The number of halogens is 3. The summed E-state index contributed by atoms with van der Waals surface area (Å²) < 4.78 is 39.2. The van der Waals surface area contributed by atoms with E-state index >= 15 is 0 Å². The molecule has 0 atom stereocenters. The van der Waals surface area contributed by atoms with E-state index in [1.54, 1.807) is 13.0 Å². The number of aromatic nitrogens is 1. The van der Waals surface area contributed by atoms with Crippen LogP contribution in [0.5, 0.6) is 0 Å². The summed E-state index contributed by atoms with van der Waals surface area (Å²) in [6, 6.07) is 4.51. The maximum Gasteiger partial charge on any atom is 0.417 e. The highest BCUT2D eigenvalue weighted by Crippen LogP contribution is 2.37. The van der Waals surface area contributed by atoms with Crippen LogP contribution in [0.2, 0.25) is 0 Å². The zero-order valence-electron chi connectivity index (χ0n) is 10.4. The zero-order valence-corrected chi connectivity index (χ0v) is 10.4. The van der Waals surface area contributed by atoms with Crippen molar-refractivity contribution in [1.29, 1.82) is 0 Å². The van der Waals surface area contributed by atoms with Crippen LogP contribution in [0.25, 0.3) is 11.1 Å². The number of carboxylic acids is 1. The molecule has 1 aromatic carbocycles. The Kier molecular flexibility index (Phi) is 3.48. The van der Waals surface area contributed by atoms with E-state index in [-0.39, 0.29) is 5.56 Å². The first kappa shape index (κ1) is 14.0. The van der Waals surface area contributed by atoms with Gasteiger partial charge in [-0.15, -0.1) is 0 Å². The van der Waals surface area contributed by atoms with Gasteiger partial charge in [0.1, 0.15) is 0 Å². The topological polar surface area (TPSA) is 50.2 Å². The average molecular weight is 281 g/mol. The second-order valence-electron chi connectivity index (χ2n) is 4.31. The van der Waals surface area contributed by atoms with Crippen molar-refractivity contribution in [2.45, 2.75) is 13.1 Å². The van der Waals surface area contributed by atoms with Crippen molar-refractivity contribution < 1.29 is 23.1 Å². The number of hydrogen-bond acceptors (Lipinski definition) is 2. The number of carboxylic acid groups (broad SMARTS) is 1. The summed E-state index contributed by atoms with van der Waals surface area (Å²) >= 11 is 0. The summed E-state index contributed by atoms with van der Waals surface area (Å²) in [5.74, 6) is -1.40. The highest BCUT2D eigenvalue weighted by molar-refractivity contribution is 5.89. The molecule has 3 nitrogen and oxygen atoms in total. The number of hydrogen-bond donors (Lipinski definition) is 1. The molecule has 0 aliphatic heterocycles. The predicted molar refractivity (Wildman–Crippen MR) is 66.4 cm³/mol. The molecule has 0 saturated carbocycles. The van der Waals surface area contributed by atoms with Crippen LogP contribution in [0.4, 0.5) is 13.2 Å². The minimum absolute atomic E-state index is 0.0845. The van der Waals surface area contributed by atoms with Crippen molar-refractivity contribution in [3.05, 3.63) is 53.3 Å². The van der Waals surface area contributed by atoms with Gasteiger partial charge in [0.05, 0.1) is 11.1 Å². The van der Waals surface area contributed by atoms with Crippen LogP contribution in [-0.2, 0) is 6.18 Å². The molecular weight excluding hydrogens is 271 g/mol. The fourth-order valence-electron chi connectivity index (χ4n) is 1.87. The molecule has 0 saturated heterocycles. The molecule has 0 bridgehead atoms. The van der Waals surface area contributed by atoms with Gasteiger partial charge in [0.25, 0.3) is 0 Å². The van der Waals surface area contributed by atoms with Crippen molar-refractivity contribution in [3.63, 3.8) is 0 Å². The molecule has 1 aromatic heterocycles. The molecule has 2 rings (SSSR count). The number of rotatable bonds is 2. The molecule has 0 spiro atoms. The molecule has 0 amide bonds. The van der Waals surface area contributed by atoms with Crippen molar-refractivity contribution in [3.8, 4) is 11.1 Å². The van der Waals surface area contributed by atoms with Crippen LogP contribution >= 0.6 is 0 Å². The normalized spacial score (nSPS) is 11.4. The van der Waals surface area contributed by atoms with E-state index in [2.05, 4.69) is 4.98 Å². The summed E-state index contributed by atoms with van der Waals surface area (Å²) in [4.78, 5) is 14.7. The Balaban J connectivity index is 2.67. The number of nitrogens with zero attached hydrogens (tertiary/aromatic N) is 1. The second kappa shape index (κ2) is 4.96. The first-order chi connectivity index (χ1) is 9.29. The van der Waals surface area contributed by atoms with Gasteiger partial charge in [0.15, 0.2) is 0 Å². The van der Waals surface area contributed by atoms with E-state index in [1.165, 1.54) is 12.4 Å². The van der Waals surface area contributed by atoms with Gasteiger partial charge in [0.2, 0.25) is 0 Å². The quantitative estimate of drug-likeness (QED) is 0.911. The summed E-state index contributed by atoms with van der Waals surface area (Å²) in [6.07, 6.45) is -1.79. The zero-order chi connectivity index (χ0) is 14.9. The number of carbonyl (C=O) groups is 1. The maximum absolute atomic E-state index is 13.1. The summed E-state index contributed by atoms with van der Waals surface area (Å²) in [5.41, 5.74) is -0.447. The fourth-order valence-corrected chi connectivity index (χ4v) is 1.87. The standard InChI is InChI=1S/C14H10F3NO2/c1-8-4-10(7-18-6-8)11-3-2-9(13(19)20)5-12(11)14(15,16)17/h2-7H,1H3,(H,19,20). The third-order valence-corrected chi connectivity index (χ3v) is 2.76. The van der Waals surface area contributed by atoms with Crippen LogP contribution in [-0.4, -0.2) is 16.1 Å². The Labute approximate surface area is 112 Å². The minimum atomic E-state index is -4.63. The SMILES string of the molecule is Cc1cncc(-c2ccc(C(=O)O)cc2C(F)(F)F)c1. The Bertz CT molecular complexity index is 666. The van der Waals surface area contributed by atoms with Crippen LogP contribution in [0.1, 0.15) is 21.5 Å². The van der Waals surface area contributed by atoms with E-state index in [4.69, 9.17) is 5.11 Å². The number of alkyl halides is 3. The predicted octanol–water partition coefficient (Wildman–Crippen LogP) is 3.77. The van der Waals surface area contributed by atoms with Gasteiger partial charge in [-0.1, -0.05) is 6.07 Å². The van der Waals surface area contributed by atoms with Gasteiger partial charge in [-0.25, -0.2) is 4.79 Å². The lowest BCUT2D eigenvalue weighted by atomic mass is 9.97. The van der Waals surface area contributed by atoms with Gasteiger partial charge in [-0.3, -0.25) is 4.98 Å². The third kappa shape index (κ3) is 2.79. The highest BCUT2D eigenvalue weighted by atomic mass is 19.4. The second-order valence-corrected chi connectivity index (χ2v) is 4.31. The molecule has 1 N–H and O–H groups in total. The Morgan fingerprint density at radius 2 is 1.90 bits per heavy atom. The van der Waals surface area contributed by atoms with E-state index in [0.29, 0.717) is 11.6 Å². The van der Waals surface area contributed by atoms with Gasteiger partial charge in [-0.05, 0) is 36.2 Å². The molecule has 2 aromatic rings. The lowest BCUT2D eigenvalue weighted by Gasteiger charge is -2.14. The Morgan fingerprint density at radius 3 is 2.45 bits per heavy atom. The average Bonchev–Trinajstić information content (AvgIpc) is 2.37. The number of benzene rings is 1. The maximum atomic E-state index is 13.1. The van der Waals surface area contributed by atoms with Crippen LogP contribution in [0, 0.1) is 6.92 Å². The van der Waals surface area contributed by atoms with Crippen molar-refractivity contribution >= 4 is 5.97 Å². The molecule has 0 unspecified atom stereocenters. The lowest BCUT2D eigenvalue weighted by molar-refractivity contribution is -0.137. The molecule has 0 fully saturated rings. The number of pyridine rings is 1. The number of aromatic carboxylic acids is 1. The molecule has 20 heavy (non-hydrogen) atoms. The molecule has 0 aliphatic carbocycles. The van der Waals surface area contributed by atoms with Gasteiger partial charge in [-0.2, -0.15) is 13.2 Å². The smallest absolute Gasteiger partial charge is 0.417 e. The largest absolute Gasteiger partial charge is 0.478 e. The molecule has 1 heterocycles. The molecule has 6 heteroatoms.